The van der Waals surface area contributed by atoms with Crippen LogP contribution < -0.4 is 5.32 Å². The number of hydrogen-bond donors (Lipinski definition) is 1. The van der Waals surface area contributed by atoms with Gasteiger partial charge in [0.1, 0.15) is 5.82 Å². The number of imidazole rings is 1. The summed E-state index contributed by atoms with van der Waals surface area (Å²) in [5, 5.41) is 2.88. The minimum atomic E-state index is -3.25. The van der Waals surface area contributed by atoms with Crippen molar-refractivity contribution in [3.63, 3.8) is 0 Å². The van der Waals surface area contributed by atoms with Gasteiger partial charge >= 0.3 is 0 Å². The molecule has 0 aliphatic rings. The standard InChI is InChI=1S/C19H22N4O3S/c1-13-20-17-10-5-14(21-19(24)12-22(2)3)11-18(17)23(13)15-6-8-16(9-7-15)27(4,25)26/h5-11H,12H2,1-4H3,(H,21,24). The van der Waals surface area contributed by atoms with Crippen molar-refractivity contribution in [3.05, 3.63) is 48.3 Å². The Hall–Kier alpha value is -2.71. The van der Waals surface area contributed by atoms with E-state index in [-0.39, 0.29) is 10.8 Å². The van der Waals surface area contributed by atoms with Crippen molar-refractivity contribution in [1.29, 1.82) is 0 Å². The van der Waals surface area contributed by atoms with Crippen molar-refractivity contribution in [2.75, 3.05) is 32.2 Å². The molecular weight excluding hydrogens is 364 g/mol. The summed E-state index contributed by atoms with van der Waals surface area (Å²) in [6.07, 6.45) is 1.18. The van der Waals surface area contributed by atoms with Crippen LogP contribution in [0.15, 0.2) is 47.4 Å². The van der Waals surface area contributed by atoms with Gasteiger partial charge in [-0.2, -0.15) is 0 Å². The maximum absolute atomic E-state index is 12.0. The number of aromatic nitrogens is 2. The molecule has 1 amide bonds. The first-order chi connectivity index (χ1) is 12.6. The number of rotatable bonds is 5. The summed E-state index contributed by atoms with van der Waals surface area (Å²) in [4.78, 5) is 18.6. The molecular formula is C19H22N4O3S. The molecule has 0 fully saturated rings. The number of sulfone groups is 1. The zero-order chi connectivity index (χ0) is 19.8. The number of hydrogen-bond acceptors (Lipinski definition) is 5. The molecule has 7 nitrogen and oxygen atoms in total. The number of benzene rings is 2. The number of carbonyl (C=O) groups is 1. The quantitative estimate of drug-likeness (QED) is 0.727. The van der Waals surface area contributed by atoms with Crippen LogP contribution >= 0.6 is 0 Å². The Morgan fingerprint density at radius 3 is 2.41 bits per heavy atom. The molecule has 0 unspecified atom stereocenters. The lowest BCUT2D eigenvalue weighted by atomic mass is 10.2. The normalized spacial score (nSPS) is 11.9. The molecule has 0 saturated heterocycles. The van der Waals surface area contributed by atoms with Crippen molar-refractivity contribution in [1.82, 2.24) is 14.5 Å². The number of nitrogens with one attached hydrogen (secondary N) is 1. The topological polar surface area (TPSA) is 84.3 Å². The van der Waals surface area contributed by atoms with Crippen LogP contribution in [0.1, 0.15) is 5.82 Å². The van der Waals surface area contributed by atoms with Gasteiger partial charge in [-0.05, 0) is 63.5 Å². The van der Waals surface area contributed by atoms with Gasteiger partial charge in [0, 0.05) is 17.6 Å². The summed E-state index contributed by atoms with van der Waals surface area (Å²) >= 11 is 0. The monoisotopic (exact) mass is 386 g/mol. The fourth-order valence-electron chi connectivity index (χ4n) is 2.93. The van der Waals surface area contributed by atoms with Crippen molar-refractivity contribution >= 4 is 32.5 Å². The largest absolute Gasteiger partial charge is 0.325 e. The highest BCUT2D eigenvalue weighted by molar-refractivity contribution is 7.90. The number of likely N-dealkylation sites (N-methyl/N-ethyl adjacent to an activating group) is 1. The lowest BCUT2D eigenvalue weighted by molar-refractivity contribution is -0.116. The van der Waals surface area contributed by atoms with Crippen LogP contribution in [0.25, 0.3) is 16.7 Å². The summed E-state index contributed by atoms with van der Waals surface area (Å²) in [6, 6.07) is 12.2. The van der Waals surface area contributed by atoms with E-state index >= 15 is 0 Å². The lowest BCUT2D eigenvalue weighted by Crippen LogP contribution is -2.27. The van der Waals surface area contributed by atoms with Crippen molar-refractivity contribution in [2.45, 2.75) is 11.8 Å². The van der Waals surface area contributed by atoms with Crippen LogP contribution in [-0.4, -0.2) is 55.7 Å². The molecule has 3 rings (SSSR count). The van der Waals surface area contributed by atoms with E-state index in [4.69, 9.17) is 0 Å². The molecule has 27 heavy (non-hydrogen) atoms. The summed E-state index contributed by atoms with van der Waals surface area (Å²) in [7, 11) is 0.422. The third kappa shape index (κ3) is 4.17. The highest BCUT2D eigenvalue weighted by atomic mass is 32.2. The molecule has 0 aliphatic heterocycles. The molecule has 142 valence electrons. The maximum atomic E-state index is 12.0. The molecule has 0 radical (unpaired) electrons. The van der Waals surface area contributed by atoms with E-state index < -0.39 is 9.84 Å². The average Bonchev–Trinajstić information content (AvgIpc) is 2.88. The number of aryl methyl sites for hydroxylation is 1. The van der Waals surface area contributed by atoms with E-state index in [0.29, 0.717) is 12.2 Å². The number of fused-ring (bicyclic) bond motifs is 1. The highest BCUT2D eigenvalue weighted by Gasteiger charge is 2.13. The first kappa shape index (κ1) is 19.1. The number of carbonyl (C=O) groups excluding carboxylic acids is 1. The van der Waals surface area contributed by atoms with Gasteiger partial charge in [-0.15, -0.1) is 0 Å². The van der Waals surface area contributed by atoms with Crippen LogP contribution in [0, 0.1) is 6.92 Å². The van der Waals surface area contributed by atoms with E-state index in [1.165, 1.54) is 6.26 Å². The van der Waals surface area contributed by atoms with Crippen LogP contribution in [0.4, 0.5) is 5.69 Å². The second kappa shape index (κ2) is 7.13. The Kier molecular flexibility index (Phi) is 5.03. The Morgan fingerprint density at radius 2 is 1.81 bits per heavy atom. The first-order valence-corrected chi connectivity index (χ1v) is 10.3. The summed E-state index contributed by atoms with van der Waals surface area (Å²) in [6.45, 7) is 2.18. The second-order valence-corrected chi connectivity index (χ2v) is 8.77. The number of nitrogens with zero attached hydrogens (tertiary/aromatic N) is 3. The molecule has 8 heteroatoms. The van der Waals surface area contributed by atoms with Gasteiger partial charge in [0.05, 0.1) is 22.5 Å². The van der Waals surface area contributed by atoms with Gasteiger partial charge in [-0.25, -0.2) is 13.4 Å². The zero-order valence-electron chi connectivity index (χ0n) is 15.7. The van der Waals surface area contributed by atoms with Gasteiger partial charge in [0.15, 0.2) is 9.84 Å². The fraction of sp³-hybridized carbons (Fsp3) is 0.263. The third-order valence-corrected chi connectivity index (χ3v) is 5.22. The fourth-order valence-corrected chi connectivity index (χ4v) is 3.56. The second-order valence-electron chi connectivity index (χ2n) is 6.75. The summed E-state index contributed by atoms with van der Waals surface area (Å²) in [5.74, 6) is 0.675. The van der Waals surface area contributed by atoms with Gasteiger partial charge in [-0.3, -0.25) is 9.36 Å². The van der Waals surface area contributed by atoms with E-state index in [9.17, 15) is 13.2 Å². The molecule has 0 atom stereocenters. The summed E-state index contributed by atoms with van der Waals surface area (Å²) < 4.78 is 25.3. The molecule has 1 aromatic heterocycles. The Morgan fingerprint density at radius 1 is 1.15 bits per heavy atom. The molecule has 0 spiro atoms. The zero-order valence-corrected chi connectivity index (χ0v) is 16.5. The van der Waals surface area contributed by atoms with Gasteiger partial charge in [-0.1, -0.05) is 0 Å². The smallest absolute Gasteiger partial charge is 0.238 e. The highest BCUT2D eigenvalue weighted by Crippen LogP contribution is 2.25. The lowest BCUT2D eigenvalue weighted by Gasteiger charge is -2.11. The molecule has 2 aromatic carbocycles. The predicted octanol–water partition coefficient (Wildman–Crippen LogP) is 2.24. The molecule has 0 bridgehead atoms. The van der Waals surface area contributed by atoms with E-state index in [0.717, 1.165) is 22.5 Å². The third-order valence-electron chi connectivity index (χ3n) is 4.09. The molecule has 0 saturated carbocycles. The Bertz CT molecular complexity index is 1100. The van der Waals surface area contributed by atoms with Crippen molar-refractivity contribution in [3.8, 4) is 5.69 Å². The van der Waals surface area contributed by atoms with Crippen LogP contribution in [0.3, 0.4) is 0 Å². The minimum Gasteiger partial charge on any atom is -0.325 e. The Balaban J connectivity index is 2.01. The first-order valence-electron chi connectivity index (χ1n) is 8.39. The van der Waals surface area contributed by atoms with Gasteiger partial charge < -0.3 is 10.2 Å². The Labute approximate surface area is 158 Å². The van der Waals surface area contributed by atoms with Crippen LogP contribution in [0.5, 0.6) is 0 Å². The SMILES string of the molecule is Cc1nc2ccc(NC(=O)CN(C)C)cc2n1-c1ccc(S(C)(=O)=O)cc1. The van der Waals surface area contributed by atoms with Crippen molar-refractivity contribution in [2.24, 2.45) is 0 Å². The van der Waals surface area contributed by atoms with E-state index in [2.05, 4.69) is 10.3 Å². The average molecular weight is 386 g/mol. The van der Waals surface area contributed by atoms with Crippen LogP contribution in [-0.2, 0) is 14.6 Å². The molecule has 1 N–H and O–H groups in total. The summed E-state index contributed by atoms with van der Waals surface area (Å²) in [5.41, 5.74) is 3.12. The molecule has 3 aromatic rings. The number of amides is 1. The molecule has 1 heterocycles. The van der Waals surface area contributed by atoms with E-state index in [1.54, 1.807) is 29.2 Å². The van der Waals surface area contributed by atoms with Gasteiger partial charge in [0.25, 0.3) is 0 Å². The van der Waals surface area contributed by atoms with Crippen molar-refractivity contribution < 1.29 is 13.2 Å². The predicted molar refractivity (Wildman–Crippen MR) is 106 cm³/mol. The van der Waals surface area contributed by atoms with Gasteiger partial charge in [0.2, 0.25) is 5.91 Å². The minimum absolute atomic E-state index is 0.0976. The number of anilines is 1. The maximum Gasteiger partial charge on any atom is 0.238 e. The van der Waals surface area contributed by atoms with Crippen LogP contribution in [0.2, 0.25) is 0 Å². The molecule has 0 aliphatic carbocycles. The van der Waals surface area contributed by atoms with E-state index in [1.807, 2.05) is 43.8 Å².